The zero-order valence-corrected chi connectivity index (χ0v) is 12.7. The first-order chi connectivity index (χ1) is 10.8. The maximum atomic E-state index is 13.4. The molecule has 1 atom stereocenters. The van der Waals surface area contributed by atoms with Crippen molar-refractivity contribution in [2.75, 3.05) is 0 Å². The first kappa shape index (κ1) is 14.8. The third-order valence-corrected chi connectivity index (χ3v) is 4.33. The molecule has 1 nitrogen and oxygen atoms in total. The minimum absolute atomic E-state index is 0.175. The standard InChI is InChI=1S/C20H21FN/c1-2-15(12-16-6-4-3-5-7-16)8-9-17-14-22-20-11-10-18(21)13-19(17)20/h3-7,10-11,13-15,22H,1-2,8-9,12H2. The molecule has 2 heteroatoms. The van der Waals surface area contributed by atoms with Gasteiger partial charge in [-0.3, -0.25) is 0 Å². The van der Waals surface area contributed by atoms with Gasteiger partial charge in [-0.25, -0.2) is 4.39 Å². The number of aromatic amines is 1. The number of hydrogen-bond acceptors (Lipinski definition) is 0. The average molecular weight is 294 g/mol. The molecule has 1 aromatic heterocycles. The van der Waals surface area contributed by atoms with Crippen molar-refractivity contribution in [2.24, 2.45) is 5.92 Å². The van der Waals surface area contributed by atoms with Gasteiger partial charge in [0.05, 0.1) is 0 Å². The van der Waals surface area contributed by atoms with Crippen molar-refractivity contribution in [2.45, 2.75) is 25.7 Å². The van der Waals surface area contributed by atoms with Crippen LogP contribution in [0.15, 0.2) is 54.7 Å². The number of nitrogens with one attached hydrogen (secondary N) is 1. The molecule has 0 aliphatic carbocycles. The Morgan fingerprint density at radius 1 is 1.09 bits per heavy atom. The third-order valence-electron chi connectivity index (χ3n) is 4.33. The Bertz CT molecular complexity index is 730. The molecule has 1 heterocycles. The number of halogens is 1. The van der Waals surface area contributed by atoms with E-state index in [0.29, 0.717) is 5.92 Å². The van der Waals surface area contributed by atoms with E-state index in [4.69, 9.17) is 0 Å². The lowest BCUT2D eigenvalue weighted by atomic mass is 9.91. The van der Waals surface area contributed by atoms with Crippen LogP contribution in [0.5, 0.6) is 0 Å². The van der Waals surface area contributed by atoms with E-state index in [1.165, 1.54) is 17.2 Å². The highest BCUT2D eigenvalue weighted by molar-refractivity contribution is 5.83. The van der Waals surface area contributed by atoms with E-state index in [2.05, 4.69) is 36.2 Å². The summed E-state index contributed by atoms with van der Waals surface area (Å²) in [4.78, 5) is 3.22. The second kappa shape index (κ2) is 6.78. The Morgan fingerprint density at radius 2 is 1.91 bits per heavy atom. The lowest BCUT2D eigenvalue weighted by Gasteiger charge is -2.14. The molecule has 0 aliphatic heterocycles. The first-order valence-corrected chi connectivity index (χ1v) is 7.85. The molecule has 22 heavy (non-hydrogen) atoms. The van der Waals surface area contributed by atoms with Gasteiger partial charge in [-0.15, -0.1) is 0 Å². The minimum atomic E-state index is -0.175. The Morgan fingerprint density at radius 3 is 2.68 bits per heavy atom. The molecule has 0 bridgehead atoms. The fourth-order valence-electron chi connectivity index (χ4n) is 3.01. The van der Waals surface area contributed by atoms with Crippen LogP contribution in [0.2, 0.25) is 0 Å². The van der Waals surface area contributed by atoms with Crippen LogP contribution >= 0.6 is 0 Å². The first-order valence-electron chi connectivity index (χ1n) is 7.85. The van der Waals surface area contributed by atoms with E-state index >= 15 is 0 Å². The molecule has 0 saturated carbocycles. The van der Waals surface area contributed by atoms with E-state index in [-0.39, 0.29) is 5.82 Å². The summed E-state index contributed by atoms with van der Waals surface area (Å²) < 4.78 is 13.4. The fourth-order valence-corrected chi connectivity index (χ4v) is 3.01. The molecule has 1 radical (unpaired) electrons. The molecule has 1 unspecified atom stereocenters. The van der Waals surface area contributed by atoms with Gasteiger partial charge in [0.15, 0.2) is 0 Å². The quantitative estimate of drug-likeness (QED) is 0.633. The van der Waals surface area contributed by atoms with Gasteiger partial charge in [0, 0.05) is 17.1 Å². The molecule has 3 rings (SSSR count). The van der Waals surface area contributed by atoms with Crippen LogP contribution in [0.4, 0.5) is 4.39 Å². The van der Waals surface area contributed by atoms with Gasteiger partial charge in [0.25, 0.3) is 0 Å². The largest absolute Gasteiger partial charge is 0.361 e. The van der Waals surface area contributed by atoms with E-state index in [0.717, 1.165) is 36.6 Å². The molecule has 3 aromatic rings. The van der Waals surface area contributed by atoms with Crippen LogP contribution in [0.25, 0.3) is 10.9 Å². The topological polar surface area (TPSA) is 15.8 Å². The molecule has 0 amide bonds. The Hall–Kier alpha value is -2.09. The zero-order chi connectivity index (χ0) is 15.4. The number of fused-ring (bicyclic) bond motifs is 1. The van der Waals surface area contributed by atoms with Crippen molar-refractivity contribution in [1.82, 2.24) is 4.98 Å². The van der Waals surface area contributed by atoms with E-state index < -0.39 is 0 Å². The number of rotatable bonds is 6. The van der Waals surface area contributed by atoms with Crippen LogP contribution in [-0.2, 0) is 12.8 Å². The van der Waals surface area contributed by atoms with Crippen molar-refractivity contribution in [3.05, 3.63) is 78.6 Å². The van der Waals surface area contributed by atoms with Gasteiger partial charge >= 0.3 is 0 Å². The van der Waals surface area contributed by atoms with Crippen LogP contribution in [-0.4, -0.2) is 4.98 Å². The number of aryl methyl sites for hydroxylation is 1. The summed E-state index contributed by atoms with van der Waals surface area (Å²) in [5.74, 6) is 0.382. The number of H-pyrrole nitrogens is 1. The van der Waals surface area contributed by atoms with E-state index in [1.54, 1.807) is 12.1 Å². The highest BCUT2D eigenvalue weighted by Crippen LogP contribution is 2.24. The number of aromatic nitrogens is 1. The van der Waals surface area contributed by atoms with Crippen LogP contribution in [0.3, 0.4) is 0 Å². The Kier molecular flexibility index (Phi) is 4.57. The summed E-state index contributed by atoms with van der Waals surface area (Å²) in [6.45, 7) is 4.09. The van der Waals surface area contributed by atoms with Crippen molar-refractivity contribution < 1.29 is 4.39 Å². The summed E-state index contributed by atoms with van der Waals surface area (Å²) in [5, 5.41) is 1.00. The van der Waals surface area contributed by atoms with E-state index in [1.807, 2.05) is 12.3 Å². The lowest BCUT2D eigenvalue weighted by Crippen LogP contribution is -2.05. The molecular formula is C20H21FN. The van der Waals surface area contributed by atoms with Crippen LogP contribution in [0.1, 0.15) is 24.0 Å². The van der Waals surface area contributed by atoms with Gasteiger partial charge in [-0.2, -0.15) is 0 Å². The second-order valence-corrected chi connectivity index (χ2v) is 5.89. The molecule has 0 aliphatic rings. The van der Waals surface area contributed by atoms with Crippen molar-refractivity contribution in [1.29, 1.82) is 0 Å². The SMILES string of the molecule is [CH2]CC(CCc1c[nH]c2ccc(F)cc12)Cc1ccccc1. The second-order valence-electron chi connectivity index (χ2n) is 5.89. The highest BCUT2D eigenvalue weighted by atomic mass is 19.1. The van der Waals surface area contributed by atoms with Gasteiger partial charge in [0.1, 0.15) is 5.82 Å². The van der Waals surface area contributed by atoms with E-state index in [9.17, 15) is 4.39 Å². The predicted molar refractivity (Wildman–Crippen MR) is 90.2 cm³/mol. The monoisotopic (exact) mass is 294 g/mol. The molecular weight excluding hydrogens is 273 g/mol. The van der Waals surface area contributed by atoms with Crippen LogP contribution < -0.4 is 0 Å². The zero-order valence-electron chi connectivity index (χ0n) is 12.7. The van der Waals surface area contributed by atoms with Gasteiger partial charge < -0.3 is 4.98 Å². The van der Waals surface area contributed by atoms with Gasteiger partial charge in [0.2, 0.25) is 0 Å². The summed E-state index contributed by atoms with van der Waals surface area (Å²) in [6.07, 6.45) is 6.01. The average Bonchev–Trinajstić information content (AvgIpc) is 2.94. The number of benzene rings is 2. The highest BCUT2D eigenvalue weighted by Gasteiger charge is 2.10. The molecule has 113 valence electrons. The summed E-state index contributed by atoms with van der Waals surface area (Å²) in [6, 6.07) is 15.5. The molecule has 0 saturated heterocycles. The Labute approximate surface area is 131 Å². The predicted octanol–water partition coefficient (Wildman–Crippen LogP) is 5.32. The normalized spacial score (nSPS) is 12.6. The van der Waals surface area contributed by atoms with Crippen molar-refractivity contribution >= 4 is 10.9 Å². The third kappa shape index (κ3) is 3.38. The van der Waals surface area contributed by atoms with Gasteiger partial charge in [-0.05, 0) is 54.5 Å². The summed E-state index contributed by atoms with van der Waals surface area (Å²) in [5.41, 5.74) is 3.56. The van der Waals surface area contributed by atoms with Gasteiger partial charge in [-0.1, -0.05) is 43.7 Å². The number of hydrogen-bond donors (Lipinski definition) is 1. The smallest absolute Gasteiger partial charge is 0.123 e. The lowest BCUT2D eigenvalue weighted by molar-refractivity contribution is 0.488. The fraction of sp³-hybridized carbons (Fsp3) is 0.250. The maximum absolute atomic E-state index is 13.4. The van der Waals surface area contributed by atoms with Crippen LogP contribution in [0, 0.1) is 18.7 Å². The molecule has 2 aromatic carbocycles. The molecule has 0 spiro atoms. The minimum Gasteiger partial charge on any atom is -0.361 e. The summed E-state index contributed by atoms with van der Waals surface area (Å²) >= 11 is 0. The maximum Gasteiger partial charge on any atom is 0.123 e. The van der Waals surface area contributed by atoms with Crippen molar-refractivity contribution in [3.63, 3.8) is 0 Å². The summed E-state index contributed by atoms with van der Waals surface area (Å²) in [7, 11) is 0. The molecule has 0 fully saturated rings. The van der Waals surface area contributed by atoms with Crippen molar-refractivity contribution in [3.8, 4) is 0 Å². The molecule has 1 N–H and O–H groups in total. The Balaban J connectivity index is 1.68.